The molecule has 0 aromatic rings. The minimum Gasteiger partial charge on any atom is -0.454 e. The van der Waals surface area contributed by atoms with Crippen molar-refractivity contribution < 1.29 is 49.3 Å². The SMILES string of the molecule is CC/C=C\C/C=C\C/C=C\C/C=C\C/C=C\C/C=C\CCCCCCC(=O)OC1C(OCC(NC(=O)C(O)C/C=C/C/C=C\CCCCCCCC)C(O)/C=C/CCCCCCCCCCCCC)OC(CO)C(O)C1O. The summed E-state index contributed by atoms with van der Waals surface area (Å²) in [4.78, 5) is 26.5. The molecule has 1 amide bonds. The van der Waals surface area contributed by atoms with Gasteiger partial charge in [-0.05, 0) is 89.9 Å². The Balaban J connectivity index is 2.71. The zero-order chi connectivity index (χ0) is 56.1. The standard InChI is InChI=1S/C66H111NO10/c1-4-7-10-13-16-19-22-25-26-27-28-29-30-31-32-33-34-36-39-42-45-48-51-54-61(71)77-64-63(73)62(72)60(55-68)76-66(64)75-56-57(58(69)52-49-46-43-40-38-35-23-20-17-14-11-8-5-2)67-65(74)59(70)53-50-47-44-41-37-24-21-18-15-12-9-6-3/h7,10,16,19,25-26,28-29,31-32,34,36-37,41,47,49-50,52,57-60,62-64,66,68-70,72-73H,4-6,8-9,11-15,17-18,20-24,27,30,33,35,38-40,42-46,48,51,53-56H2,1-3H3,(H,67,74)/b10-7-,19-16-,26-25-,29-28-,32-31-,36-34-,41-37-,50-47+,52-49+. The van der Waals surface area contributed by atoms with E-state index in [9.17, 15) is 35.1 Å². The van der Waals surface area contributed by atoms with Crippen molar-refractivity contribution in [3.8, 4) is 0 Å². The number of allylic oxidation sites excluding steroid dienone is 16. The molecule has 1 heterocycles. The van der Waals surface area contributed by atoms with E-state index < -0.39 is 67.4 Å². The third kappa shape index (κ3) is 41.1. The van der Waals surface area contributed by atoms with Crippen LogP contribution >= 0.6 is 0 Å². The Bertz CT molecular complexity index is 1660. The maximum absolute atomic E-state index is 13.3. The molecule has 0 spiro atoms. The van der Waals surface area contributed by atoms with Crippen LogP contribution in [0.5, 0.6) is 0 Å². The second-order valence-corrected chi connectivity index (χ2v) is 20.7. The molecule has 0 radical (unpaired) electrons. The molecule has 0 bridgehead atoms. The summed E-state index contributed by atoms with van der Waals surface area (Å²) in [6.45, 7) is 5.60. The van der Waals surface area contributed by atoms with Gasteiger partial charge in [0.05, 0.1) is 25.4 Å². The lowest BCUT2D eigenvalue weighted by atomic mass is 9.99. The first-order valence-corrected chi connectivity index (χ1v) is 30.7. The molecule has 1 aliphatic rings. The van der Waals surface area contributed by atoms with E-state index in [4.69, 9.17) is 14.2 Å². The second-order valence-electron chi connectivity index (χ2n) is 20.7. The van der Waals surface area contributed by atoms with E-state index in [1.165, 1.54) is 89.9 Å². The number of aliphatic hydroxyl groups is 5. The number of hydrogen-bond acceptors (Lipinski definition) is 10. The summed E-state index contributed by atoms with van der Waals surface area (Å²) in [7, 11) is 0. The molecule has 8 atom stereocenters. The molecule has 6 N–H and O–H groups in total. The number of amides is 1. The number of rotatable bonds is 50. The number of esters is 1. The zero-order valence-electron chi connectivity index (χ0n) is 48.5. The summed E-state index contributed by atoms with van der Waals surface area (Å²) in [5.41, 5.74) is 0. The van der Waals surface area contributed by atoms with E-state index in [0.717, 1.165) is 96.3 Å². The van der Waals surface area contributed by atoms with Gasteiger partial charge in [-0.15, -0.1) is 0 Å². The number of carbonyl (C=O) groups is 2. The zero-order valence-corrected chi connectivity index (χ0v) is 48.5. The van der Waals surface area contributed by atoms with Gasteiger partial charge in [-0.25, -0.2) is 0 Å². The summed E-state index contributed by atoms with van der Waals surface area (Å²) in [6.07, 6.45) is 61.5. The van der Waals surface area contributed by atoms with Crippen molar-refractivity contribution in [2.24, 2.45) is 0 Å². The van der Waals surface area contributed by atoms with Gasteiger partial charge >= 0.3 is 5.97 Å². The lowest BCUT2D eigenvalue weighted by Crippen LogP contribution is -2.61. The van der Waals surface area contributed by atoms with Crippen LogP contribution in [0.3, 0.4) is 0 Å². The van der Waals surface area contributed by atoms with Crippen molar-refractivity contribution in [1.29, 1.82) is 0 Å². The van der Waals surface area contributed by atoms with E-state index in [1.54, 1.807) is 12.2 Å². The summed E-state index contributed by atoms with van der Waals surface area (Å²) in [5, 5.41) is 56.8. The number of ether oxygens (including phenoxy) is 3. The maximum Gasteiger partial charge on any atom is 0.306 e. The van der Waals surface area contributed by atoms with Crippen molar-refractivity contribution in [3.63, 3.8) is 0 Å². The fraction of sp³-hybridized carbons (Fsp3) is 0.697. The fourth-order valence-corrected chi connectivity index (χ4v) is 8.81. The highest BCUT2D eigenvalue weighted by Crippen LogP contribution is 2.26. The minimum absolute atomic E-state index is 0.0744. The molecule has 11 heteroatoms. The minimum atomic E-state index is -1.64. The third-order valence-electron chi connectivity index (χ3n) is 13.7. The maximum atomic E-state index is 13.3. The normalized spacial score (nSPS) is 19.8. The lowest BCUT2D eigenvalue weighted by molar-refractivity contribution is -0.305. The number of carbonyl (C=O) groups excluding carboxylic acids is 2. The molecule has 440 valence electrons. The first-order valence-electron chi connectivity index (χ1n) is 30.7. The highest BCUT2D eigenvalue weighted by atomic mass is 16.7. The largest absolute Gasteiger partial charge is 0.454 e. The van der Waals surface area contributed by atoms with Crippen LogP contribution in [0.2, 0.25) is 0 Å². The molecule has 0 aliphatic carbocycles. The molecular formula is C66H111NO10. The Morgan fingerprint density at radius 3 is 1.40 bits per heavy atom. The van der Waals surface area contributed by atoms with Crippen LogP contribution in [-0.4, -0.2) is 99.6 Å². The van der Waals surface area contributed by atoms with Crippen molar-refractivity contribution in [1.82, 2.24) is 5.32 Å². The molecule has 0 saturated carbocycles. The van der Waals surface area contributed by atoms with Crippen LogP contribution in [0.4, 0.5) is 0 Å². The summed E-state index contributed by atoms with van der Waals surface area (Å²) >= 11 is 0. The molecule has 0 aromatic heterocycles. The smallest absolute Gasteiger partial charge is 0.306 e. The van der Waals surface area contributed by atoms with E-state index in [-0.39, 0.29) is 19.4 Å². The Labute approximate surface area is 468 Å². The molecular weight excluding hydrogens is 967 g/mol. The highest BCUT2D eigenvalue weighted by Gasteiger charge is 2.47. The quantitative estimate of drug-likeness (QED) is 0.0195. The first-order chi connectivity index (χ1) is 37.7. The van der Waals surface area contributed by atoms with Gasteiger partial charge in [-0.3, -0.25) is 9.59 Å². The molecule has 77 heavy (non-hydrogen) atoms. The Kier molecular flexibility index (Phi) is 49.1. The molecule has 1 aliphatic heterocycles. The van der Waals surface area contributed by atoms with Gasteiger partial charge in [0.1, 0.15) is 24.4 Å². The van der Waals surface area contributed by atoms with E-state index in [2.05, 4.69) is 111 Å². The average molecular weight is 1080 g/mol. The molecule has 0 aromatic carbocycles. The molecule has 8 unspecified atom stereocenters. The van der Waals surface area contributed by atoms with Gasteiger partial charge in [-0.2, -0.15) is 0 Å². The summed E-state index contributed by atoms with van der Waals surface area (Å²) in [6, 6.07) is -1.07. The predicted molar refractivity (Wildman–Crippen MR) is 319 cm³/mol. The fourth-order valence-electron chi connectivity index (χ4n) is 8.81. The third-order valence-corrected chi connectivity index (χ3v) is 13.7. The molecule has 11 nitrogen and oxygen atoms in total. The lowest BCUT2D eigenvalue weighted by Gasteiger charge is -2.41. The Morgan fingerprint density at radius 1 is 0.519 bits per heavy atom. The van der Waals surface area contributed by atoms with E-state index in [0.29, 0.717) is 12.8 Å². The number of aliphatic hydroxyl groups excluding tert-OH is 5. The van der Waals surface area contributed by atoms with Crippen molar-refractivity contribution >= 4 is 11.9 Å². The van der Waals surface area contributed by atoms with Gasteiger partial charge in [-0.1, -0.05) is 239 Å². The average Bonchev–Trinajstić information content (AvgIpc) is 3.43. The Morgan fingerprint density at radius 2 is 0.935 bits per heavy atom. The van der Waals surface area contributed by atoms with Gasteiger partial charge < -0.3 is 45.1 Å². The van der Waals surface area contributed by atoms with Gasteiger partial charge in [0.2, 0.25) is 5.91 Å². The monoisotopic (exact) mass is 1080 g/mol. The first kappa shape index (κ1) is 71.3. The molecule has 1 rings (SSSR count). The number of hydrogen-bond donors (Lipinski definition) is 6. The predicted octanol–water partition coefficient (Wildman–Crippen LogP) is 14.5. The van der Waals surface area contributed by atoms with Crippen LogP contribution in [0, 0.1) is 0 Å². The number of unbranched alkanes of at least 4 members (excludes halogenated alkanes) is 21. The van der Waals surface area contributed by atoms with Crippen LogP contribution in [0.25, 0.3) is 0 Å². The second kappa shape index (κ2) is 53.0. The van der Waals surface area contributed by atoms with Crippen LogP contribution < -0.4 is 5.32 Å². The van der Waals surface area contributed by atoms with Crippen molar-refractivity contribution in [3.05, 3.63) is 109 Å². The molecule has 1 saturated heterocycles. The van der Waals surface area contributed by atoms with E-state index >= 15 is 0 Å². The topological polar surface area (TPSA) is 175 Å². The number of nitrogens with one attached hydrogen (secondary N) is 1. The van der Waals surface area contributed by atoms with Gasteiger partial charge in [0.25, 0.3) is 0 Å². The summed E-state index contributed by atoms with van der Waals surface area (Å²) in [5.74, 6) is -1.30. The van der Waals surface area contributed by atoms with Gasteiger partial charge in [0.15, 0.2) is 12.4 Å². The van der Waals surface area contributed by atoms with Crippen LogP contribution in [0.15, 0.2) is 109 Å². The molecule has 1 fully saturated rings. The van der Waals surface area contributed by atoms with Gasteiger partial charge in [0, 0.05) is 12.8 Å². The highest BCUT2D eigenvalue weighted by molar-refractivity contribution is 5.81. The van der Waals surface area contributed by atoms with Crippen molar-refractivity contribution in [2.75, 3.05) is 13.2 Å². The summed E-state index contributed by atoms with van der Waals surface area (Å²) < 4.78 is 17.6. The Hall–Kier alpha value is -3.68. The van der Waals surface area contributed by atoms with Crippen molar-refractivity contribution in [2.45, 2.75) is 282 Å². The van der Waals surface area contributed by atoms with Crippen LogP contribution in [0.1, 0.15) is 233 Å². The van der Waals surface area contributed by atoms with E-state index in [1.807, 2.05) is 12.2 Å². The van der Waals surface area contributed by atoms with Crippen LogP contribution in [-0.2, 0) is 23.8 Å².